The number of hydrogen-bond acceptors (Lipinski definition) is 4. The lowest BCUT2D eigenvalue weighted by Crippen LogP contribution is -3.05. The van der Waals surface area contributed by atoms with Gasteiger partial charge >= 0.3 is 0 Å². The first-order valence-corrected chi connectivity index (χ1v) is 10.5. The first-order valence-electron chi connectivity index (χ1n) is 9.48. The molecule has 0 radical (unpaired) electrons. The molecule has 2 aromatic carbocycles. The molecule has 1 heterocycles. The van der Waals surface area contributed by atoms with Crippen LogP contribution in [0.3, 0.4) is 0 Å². The van der Waals surface area contributed by atoms with Gasteiger partial charge in [-0.25, -0.2) is 8.78 Å². The van der Waals surface area contributed by atoms with Crippen LogP contribution in [0.1, 0.15) is 25.2 Å². The number of ether oxygens (including phenoxy) is 1. The van der Waals surface area contributed by atoms with E-state index < -0.39 is 0 Å². The Bertz CT molecular complexity index is 913. The molecule has 0 bridgehead atoms. The summed E-state index contributed by atoms with van der Waals surface area (Å²) in [6, 6.07) is 12.5. The van der Waals surface area contributed by atoms with Crippen LogP contribution < -0.4 is 9.64 Å². The quantitative estimate of drug-likeness (QED) is 0.427. The Kier molecular flexibility index (Phi) is 7.22. The summed E-state index contributed by atoms with van der Waals surface area (Å²) in [6.07, 6.45) is 0.794. The van der Waals surface area contributed by atoms with E-state index in [1.807, 2.05) is 4.57 Å². The zero-order chi connectivity index (χ0) is 20.8. The van der Waals surface area contributed by atoms with Crippen molar-refractivity contribution in [1.82, 2.24) is 14.8 Å². The summed E-state index contributed by atoms with van der Waals surface area (Å²) >= 11 is 1.58. The van der Waals surface area contributed by atoms with Gasteiger partial charge in [0.1, 0.15) is 23.4 Å². The number of nitrogens with zero attached hydrogens (tertiary/aromatic N) is 3. The molecule has 154 valence electrons. The van der Waals surface area contributed by atoms with Crippen LogP contribution in [0.25, 0.3) is 5.69 Å². The van der Waals surface area contributed by atoms with Gasteiger partial charge in [0.2, 0.25) is 0 Å². The van der Waals surface area contributed by atoms with Crippen molar-refractivity contribution in [3.05, 3.63) is 66.0 Å². The van der Waals surface area contributed by atoms with Gasteiger partial charge in [-0.15, -0.1) is 10.2 Å². The molecule has 29 heavy (non-hydrogen) atoms. The number of rotatable bonds is 9. The first-order chi connectivity index (χ1) is 14.0. The van der Waals surface area contributed by atoms with Crippen LogP contribution in [0.2, 0.25) is 0 Å². The highest BCUT2D eigenvalue weighted by atomic mass is 32.2. The highest BCUT2D eigenvalue weighted by Crippen LogP contribution is 2.25. The summed E-state index contributed by atoms with van der Waals surface area (Å²) in [7, 11) is 4.13. The largest absolute Gasteiger partial charge is 0.494 e. The minimum absolute atomic E-state index is 0.128. The predicted octanol–water partition coefficient (Wildman–Crippen LogP) is 3.31. The molecule has 0 spiro atoms. The van der Waals surface area contributed by atoms with Crippen LogP contribution in [0, 0.1) is 11.6 Å². The number of halogens is 2. The lowest BCUT2D eigenvalue weighted by atomic mass is 10.2. The summed E-state index contributed by atoms with van der Waals surface area (Å²) < 4.78 is 33.9. The summed E-state index contributed by atoms with van der Waals surface area (Å²) in [4.78, 5) is 1.23. The SMILES string of the molecule is C[C@H](c1nnc(SCCCOc2ccc(F)cc2)n1-c1ccc(F)cc1)[NH+](C)C. The summed E-state index contributed by atoms with van der Waals surface area (Å²) in [5, 5.41) is 9.54. The Morgan fingerprint density at radius 1 is 1.00 bits per heavy atom. The van der Waals surface area contributed by atoms with E-state index in [4.69, 9.17) is 4.74 Å². The molecule has 0 aliphatic carbocycles. The Morgan fingerprint density at radius 2 is 1.62 bits per heavy atom. The van der Waals surface area contributed by atoms with Crippen molar-refractivity contribution >= 4 is 11.8 Å². The molecule has 0 fully saturated rings. The molecule has 1 atom stereocenters. The van der Waals surface area contributed by atoms with Gasteiger partial charge in [0, 0.05) is 11.4 Å². The van der Waals surface area contributed by atoms with E-state index in [1.54, 1.807) is 36.0 Å². The highest BCUT2D eigenvalue weighted by Gasteiger charge is 2.23. The lowest BCUT2D eigenvalue weighted by molar-refractivity contribution is -0.890. The zero-order valence-corrected chi connectivity index (χ0v) is 17.5. The number of thioether (sulfide) groups is 1. The van der Waals surface area contributed by atoms with Crippen LogP contribution in [0.5, 0.6) is 5.75 Å². The van der Waals surface area contributed by atoms with Gasteiger partial charge in [-0.05, 0) is 61.9 Å². The van der Waals surface area contributed by atoms with Crippen LogP contribution >= 0.6 is 11.8 Å². The Balaban J connectivity index is 1.66. The third-order valence-electron chi connectivity index (χ3n) is 4.60. The van der Waals surface area contributed by atoms with E-state index >= 15 is 0 Å². The maximum atomic E-state index is 13.4. The zero-order valence-electron chi connectivity index (χ0n) is 16.7. The molecule has 0 unspecified atom stereocenters. The predicted molar refractivity (Wildman–Crippen MR) is 110 cm³/mol. The first kappa shape index (κ1) is 21.3. The molecule has 0 aliphatic rings. The van der Waals surface area contributed by atoms with E-state index in [0.717, 1.165) is 28.8 Å². The third-order valence-corrected chi connectivity index (χ3v) is 5.61. The van der Waals surface area contributed by atoms with Crippen LogP contribution in [0.15, 0.2) is 53.7 Å². The van der Waals surface area contributed by atoms with Crippen molar-refractivity contribution in [2.75, 3.05) is 26.5 Å². The molecule has 1 N–H and O–H groups in total. The number of benzene rings is 2. The van der Waals surface area contributed by atoms with Crippen molar-refractivity contribution in [3.63, 3.8) is 0 Å². The van der Waals surface area contributed by atoms with Crippen molar-refractivity contribution in [3.8, 4) is 11.4 Å². The smallest absolute Gasteiger partial charge is 0.196 e. The molecular formula is C21H25F2N4OS+. The Morgan fingerprint density at radius 3 is 2.24 bits per heavy atom. The second-order valence-corrected chi connectivity index (χ2v) is 8.02. The molecule has 3 aromatic rings. The summed E-state index contributed by atoms with van der Waals surface area (Å²) in [5.41, 5.74) is 0.838. The second-order valence-electron chi connectivity index (χ2n) is 6.96. The maximum Gasteiger partial charge on any atom is 0.196 e. The molecule has 1 aromatic heterocycles. The summed E-state index contributed by atoms with van der Waals surface area (Å²) in [5.74, 6) is 1.71. The van der Waals surface area contributed by atoms with Gasteiger partial charge in [-0.2, -0.15) is 0 Å². The average Bonchev–Trinajstić information content (AvgIpc) is 3.12. The van der Waals surface area contributed by atoms with Crippen molar-refractivity contribution in [1.29, 1.82) is 0 Å². The van der Waals surface area contributed by atoms with Crippen LogP contribution in [-0.4, -0.2) is 41.2 Å². The molecular weight excluding hydrogens is 394 g/mol. The number of quaternary nitrogens is 1. The molecule has 0 saturated heterocycles. The van der Waals surface area contributed by atoms with E-state index in [-0.39, 0.29) is 17.7 Å². The number of nitrogens with one attached hydrogen (secondary N) is 1. The monoisotopic (exact) mass is 419 g/mol. The van der Waals surface area contributed by atoms with Gasteiger partial charge in [0.15, 0.2) is 11.0 Å². The Labute approximate surface area is 173 Å². The molecule has 0 aliphatic heterocycles. The fraction of sp³-hybridized carbons (Fsp3) is 0.333. The third kappa shape index (κ3) is 5.55. The number of hydrogen-bond donors (Lipinski definition) is 1. The molecule has 8 heteroatoms. The van der Waals surface area contributed by atoms with E-state index in [1.165, 1.54) is 29.2 Å². The normalized spacial score (nSPS) is 12.3. The standard InChI is InChI=1S/C21H24F2N4OS/c1-15(26(2)3)20-24-25-21(27(20)18-9-5-16(22)6-10-18)29-14-4-13-28-19-11-7-17(23)8-12-19/h5-12,15H,4,13-14H2,1-3H3/p+1/t15-/m1/s1. The van der Waals surface area contributed by atoms with Crippen LogP contribution in [-0.2, 0) is 0 Å². The minimum atomic E-state index is -0.280. The summed E-state index contributed by atoms with van der Waals surface area (Å²) in [6.45, 7) is 2.61. The van der Waals surface area contributed by atoms with Gasteiger partial charge in [-0.3, -0.25) is 4.57 Å². The lowest BCUT2D eigenvalue weighted by Gasteiger charge is -2.18. The fourth-order valence-electron chi connectivity index (χ4n) is 2.69. The number of aromatic nitrogens is 3. The van der Waals surface area contributed by atoms with E-state index in [2.05, 4.69) is 31.2 Å². The Hall–Kier alpha value is -2.45. The van der Waals surface area contributed by atoms with Gasteiger partial charge in [0.25, 0.3) is 0 Å². The topological polar surface area (TPSA) is 44.4 Å². The van der Waals surface area contributed by atoms with Crippen molar-refractivity contribution in [2.45, 2.75) is 24.5 Å². The van der Waals surface area contributed by atoms with Crippen LogP contribution in [0.4, 0.5) is 8.78 Å². The van der Waals surface area contributed by atoms with E-state index in [9.17, 15) is 8.78 Å². The fourth-order valence-corrected chi connectivity index (χ4v) is 3.56. The highest BCUT2D eigenvalue weighted by molar-refractivity contribution is 7.99. The molecule has 0 amide bonds. The molecule has 5 nitrogen and oxygen atoms in total. The molecule has 3 rings (SSSR count). The van der Waals surface area contributed by atoms with E-state index in [0.29, 0.717) is 12.4 Å². The van der Waals surface area contributed by atoms with Gasteiger partial charge in [0.05, 0.1) is 20.7 Å². The second kappa shape index (κ2) is 9.84. The van der Waals surface area contributed by atoms with Gasteiger partial charge in [-0.1, -0.05) is 11.8 Å². The average molecular weight is 420 g/mol. The minimum Gasteiger partial charge on any atom is -0.494 e. The van der Waals surface area contributed by atoms with Crippen molar-refractivity contribution in [2.24, 2.45) is 0 Å². The van der Waals surface area contributed by atoms with Gasteiger partial charge < -0.3 is 9.64 Å². The maximum absolute atomic E-state index is 13.4. The molecule has 0 saturated carbocycles. The van der Waals surface area contributed by atoms with Crippen molar-refractivity contribution < 1.29 is 18.4 Å².